The van der Waals surface area contributed by atoms with E-state index in [0.29, 0.717) is 5.69 Å². The zero-order valence-electron chi connectivity index (χ0n) is 13.8. The first-order valence-electron chi connectivity index (χ1n) is 7.17. The second-order valence-electron chi connectivity index (χ2n) is 5.40. The minimum atomic E-state index is -3.13. The molecule has 3 N–H and O–H groups in total. The van der Waals surface area contributed by atoms with E-state index >= 15 is 0 Å². The van der Waals surface area contributed by atoms with Crippen LogP contribution in [0.2, 0.25) is 0 Å². The molecule has 0 bridgehead atoms. The number of amides is 1. The fourth-order valence-corrected chi connectivity index (χ4v) is 4.29. The van der Waals surface area contributed by atoms with Crippen LogP contribution in [0.4, 0.5) is 5.69 Å². The molecule has 1 unspecified atom stereocenters. The first-order chi connectivity index (χ1) is 11.2. The normalized spacial score (nSPS) is 12.3. The lowest BCUT2D eigenvalue weighted by Crippen LogP contribution is -2.37. The van der Waals surface area contributed by atoms with Crippen LogP contribution in [-0.2, 0) is 14.6 Å². The summed E-state index contributed by atoms with van der Waals surface area (Å²) in [6.07, 6.45) is 1.22. The number of nitrogens with one attached hydrogen (secondary N) is 1. The van der Waals surface area contributed by atoms with Gasteiger partial charge >= 0.3 is 0 Å². The molecule has 0 aliphatic rings. The molecule has 0 spiro atoms. The summed E-state index contributed by atoms with van der Waals surface area (Å²) >= 11 is 3.14. The van der Waals surface area contributed by atoms with Crippen molar-refractivity contribution in [1.29, 1.82) is 0 Å². The molecule has 6 nitrogen and oxygen atoms in total. The fraction of sp³-hybridized carbons (Fsp3) is 0.333. The standard InChI is InChI=1S/C15H19N3O3S3.ClH/c1-10-9-22-15(17-10)23-12-5-3-11(4-6-12)18-14(19)13(16)7-8-24(2,20)21;/h3-6,9,13H,7-8,16H2,1-2H3,(H,18,19);1H. The van der Waals surface area contributed by atoms with Gasteiger partial charge in [0.1, 0.15) is 9.84 Å². The van der Waals surface area contributed by atoms with Gasteiger partial charge in [0.15, 0.2) is 4.34 Å². The molecule has 2 aromatic rings. The highest BCUT2D eigenvalue weighted by atomic mass is 35.5. The number of nitrogens with zero attached hydrogens (tertiary/aromatic N) is 1. The average Bonchev–Trinajstić information content (AvgIpc) is 2.91. The second kappa shape index (κ2) is 9.54. The molecule has 0 fully saturated rings. The quantitative estimate of drug-likeness (QED) is 0.712. The summed E-state index contributed by atoms with van der Waals surface area (Å²) in [5.41, 5.74) is 7.33. The molecule has 0 saturated carbocycles. The van der Waals surface area contributed by atoms with Crippen LogP contribution < -0.4 is 11.1 Å². The summed E-state index contributed by atoms with van der Waals surface area (Å²) in [7, 11) is -3.13. The zero-order valence-corrected chi connectivity index (χ0v) is 17.0. The van der Waals surface area contributed by atoms with Crippen molar-refractivity contribution in [2.45, 2.75) is 28.6 Å². The summed E-state index contributed by atoms with van der Waals surface area (Å²) in [6.45, 7) is 1.95. The first-order valence-corrected chi connectivity index (χ1v) is 10.9. The average molecular weight is 422 g/mol. The van der Waals surface area contributed by atoms with Gasteiger partial charge in [-0.15, -0.1) is 23.7 Å². The van der Waals surface area contributed by atoms with Gasteiger partial charge in [0.2, 0.25) is 5.91 Å². The van der Waals surface area contributed by atoms with E-state index < -0.39 is 21.8 Å². The number of benzene rings is 1. The summed E-state index contributed by atoms with van der Waals surface area (Å²) in [5, 5.41) is 4.69. The van der Waals surface area contributed by atoms with Gasteiger partial charge in [-0.3, -0.25) is 4.79 Å². The third-order valence-corrected chi connectivity index (χ3v) is 6.10. The van der Waals surface area contributed by atoms with Crippen LogP contribution in [0.15, 0.2) is 38.9 Å². The molecule has 1 atom stereocenters. The Morgan fingerprint density at radius 3 is 2.52 bits per heavy atom. The van der Waals surface area contributed by atoms with Crippen LogP contribution in [-0.4, -0.2) is 37.4 Å². The Bertz CT molecular complexity index is 807. The SMILES string of the molecule is Cc1csc(Sc2ccc(NC(=O)C(N)CCS(C)(=O)=O)cc2)n1.Cl. The van der Waals surface area contributed by atoms with Crippen molar-refractivity contribution in [2.24, 2.45) is 5.73 Å². The van der Waals surface area contributed by atoms with Gasteiger partial charge in [-0.25, -0.2) is 13.4 Å². The second-order valence-corrected chi connectivity index (χ2v) is 9.83. The minimum Gasteiger partial charge on any atom is -0.325 e. The molecule has 0 aliphatic carbocycles. The van der Waals surface area contributed by atoms with E-state index in [2.05, 4.69) is 10.3 Å². The third kappa shape index (κ3) is 7.74. The van der Waals surface area contributed by atoms with Gasteiger partial charge in [-0.05, 0) is 37.6 Å². The van der Waals surface area contributed by atoms with E-state index in [-0.39, 0.29) is 24.6 Å². The topological polar surface area (TPSA) is 102 Å². The van der Waals surface area contributed by atoms with Gasteiger partial charge in [-0.1, -0.05) is 11.8 Å². The number of hydrogen-bond donors (Lipinski definition) is 2. The lowest BCUT2D eigenvalue weighted by Gasteiger charge is -2.12. The largest absolute Gasteiger partial charge is 0.325 e. The number of thiazole rings is 1. The molecule has 1 heterocycles. The number of anilines is 1. The van der Waals surface area contributed by atoms with E-state index in [1.165, 1.54) is 0 Å². The number of hydrogen-bond acceptors (Lipinski definition) is 7. The van der Waals surface area contributed by atoms with Gasteiger partial charge < -0.3 is 11.1 Å². The Hall–Kier alpha value is -1.13. The van der Waals surface area contributed by atoms with Crippen molar-refractivity contribution in [3.63, 3.8) is 0 Å². The molecule has 25 heavy (non-hydrogen) atoms. The van der Waals surface area contributed by atoms with Crippen LogP contribution in [0.3, 0.4) is 0 Å². The summed E-state index contributed by atoms with van der Waals surface area (Å²) in [6, 6.07) is 6.48. The number of carbonyl (C=O) groups is 1. The maximum absolute atomic E-state index is 12.0. The predicted octanol–water partition coefficient (Wildman–Crippen LogP) is 2.73. The Balaban J connectivity index is 0.00000312. The third-order valence-electron chi connectivity index (χ3n) is 3.06. The van der Waals surface area contributed by atoms with Crippen molar-refractivity contribution >= 4 is 56.9 Å². The number of rotatable bonds is 7. The molecular weight excluding hydrogens is 402 g/mol. The Kier molecular flexibility index (Phi) is 8.36. The van der Waals surface area contributed by atoms with Crippen LogP contribution in [0, 0.1) is 6.92 Å². The molecule has 1 amide bonds. The Morgan fingerprint density at radius 2 is 2.00 bits per heavy atom. The number of sulfone groups is 1. The van der Waals surface area contributed by atoms with Crippen LogP contribution >= 0.6 is 35.5 Å². The molecule has 2 rings (SSSR count). The lowest BCUT2D eigenvalue weighted by atomic mass is 10.2. The number of aryl methyl sites for hydroxylation is 1. The van der Waals surface area contributed by atoms with E-state index in [0.717, 1.165) is 21.2 Å². The first kappa shape index (κ1) is 21.9. The van der Waals surface area contributed by atoms with Gasteiger partial charge in [0.05, 0.1) is 11.8 Å². The molecule has 0 saturated heterocycles. The van der Waals surface area contributed by atoms with E-state index in [1.54, 1.807) is 35.2 Å². The molecule has 138 valence electrons. The highest BCUT2D eigenvalue weighted by Gasteiger charge is 2.16. The zero-order chi connectivity index (χ0) is 17.7. The maximum Gasteiger partial charge on any atom is 0.241 e. The van der Waals surface area contributed by atoms with Gasteiger partial charge in [0.25, 0.3) is 0 Å². The van der Waals surface area contributed by atoms with E-state index in [1.807, 2.05) is 24.4 Å². The fourth-order valence-electron chi connectivity index (χ4n) is 1.79. The number of aromatic nitrogens is 1. The van der Waals surface area contributed by atoms with E-state index in [4.69, 9.17) is 5.73 Å². The highest BCUT2D eigenvalue weighted by Crippen LogP contribution is 2.30. The Morgan fingerprint density at radius 1 is 1.36 bits per heavy atom. The van der Waals surface area contributed by atoms with Gasteiger partial charge in [0, 0.05) is 27.9 Å². The molecule has 0 aliphatic heterocycles. The lowest BCUT2D eigenvalue weighted by molar-refractivity contribution is -0.117. The van der Waals surface area contributed by atoms with Gasteiger partial charge in [-0.2, -0.15) is 0 Å². The summed E-state index contributed by atoms with van der Waals surface area (Å²) in [5.74, 6) is -0.501. The van der Waals surface area contributed by atoms with Crippen LogP contribution in [0.1, 0.15) is 12.1 Å². The monoisotopic (exact) mass is 421 g/mol. The maximum atomic E-state index is 12.0. The molecule has 1 aromatic carbocycles. The smallest absolute Gasteiger partial charge is 0.241 e. The summed E-state index contributed by atoms with van der Waals surface area (Å²) in [4.78, 5) is 17.4. The van der Waals surface area contributed by atoms with Crippen molar-refractivity contribution in [3.8, 4) is 0 Å². The molecule has 10 heteroatoms. The van der Waals surface area contributed by atoms with Crippen LogP contribution in [0.25, 0.3) is 0 Å². The molecule has 1 aromatic heterocycles. The number of carbonyl (C=O) groups excluding carboxylic acids is 1. The predicted molar refractivity (Wildman–Crippen MR) is 106 cm³/mol. The molecule has 0 radical (unpaired) electrons. The van der Waals surface area contributed by atoms with Crippen molar-refractivity contribution in [1.82, 2.24) is 4.98 Å². The van der Waals surface area contributed by atoms with Crippen molar-refractivity contribution in [3.05, 3.63) is 35.3 Å². The van der Waals surface area contributed by atoms with Crippen LogP contribution in [0.5, 0.6) is 0 Å². The Labute approximate surface area is 161 Å². The summed E-state index contributed by atoms with van der Waals surface area (Å²) < 4.78 is 23.2. The molecular formula is C15H20ClN3O3S3. The highest BCUT2D eigenvalue weighted by molar-refractivity contribution is 8.01. The van der Waals surface area contributed by atoms with Crippen molar-refractivity contribution in [2.75, 3.05) is 17.3 Å². The van der Waals surface area contributed by atoms with Crippen molar-refractivity contribution < 1.29 is 13.2 Å². The number of nitrogens with two attached hydrogens (primary N) is 1. The minimum absolute atomic E-state index is 0. The number of halogens is 1. The van der Waals surface area contributed by atoms with E-state index in [9.17, 15) is 13.2 Å².